The molecule has 9 nitrogen and oxygen atoms in total. The van der Waals surface area contributed by atoms with Gasteiger partial charge >= 0.3 is 12.1 Å². The second-order valence-corrected chi connectivity index (χ2v) is 11.0. The number of rotatable bonds is 6. The van der Waals surface area contributed by atoms with Crippen LogP contribution >= 0.6 is 0 Å². The Balaban J connectivity index is 1.19. The zero-order valence-corrected chi connectivity index (χ0v) is 22.5. The average Bonchev–Trinajstić information content (AvgIpc) is 3.39. The Labute approximate surface area is 239 Å². The van der Waals surface area contributed by atoms with Gasteiger partial charge in [-0.15, -0.1) is 0 Å². The van der Waals surface area contributed by atoms with Crippen LogP contribution in [0.4, 0.5) is 24.9 Å². The van der Waals surface area contributed by atoms with Crippen LogP contribution in [-0.4, -0.2) is 57.9 Å². The molecule has 0 saturated carbocycles. The first kappa shape index (κ1) is 27.7. The highest BCUT2D eigenvalue weighted by Gasteiger charge is 2.45. The minimum Gasteiger partial charge on any atom is -0.480 e. The van der Waals surface area contributed by atoms with Crippen molar-refractivity contribution in [1.82, 2.24) is 20.3 Å². The summed E-state index contributed by atoms with van der Waals surface area (Å²) in [5.41, 5.74) is 8.13. The third kappa shape index (κ3) is 5.67. The number of carboxylic acid groups (broad SMARTS) is 1. The highest BCUT2D eigenvalue weighted by molar-refractivity contribution is 5.84. The first-order valence-electron chi connectivity index (χ1n) is 13.6. The molecule has 0 amide bonds. The van der Waals surface area contributed by atoms with Crippen LogP contribution in [0.5, 0.6) is 5.88 Å². The highest BCUT2D eigenvalue weighted by Crippen LogP contribution is 2.41. The number of ether oxygens (including phenoxy) is 1. The van der Waals surface area contributed by atoms with Crippen LogP contribution in [0.1, 0.15) is 30.9 Å². The number of hydrogen-bond donors (Lipinski definition) is 3. The van der Waals surface area contributed by atoms with Crippen molar-refractivity contribution in [2.45, 2.75) is 37.6 Å². The van der Waals surface area contributed by atoms with Crippen molar-refractivity contribution in [2.24, 2.45) is 5.41 Å². The molecule has 2 fully saturated rings. The van der Waals surface area contributed by atoms with Gasteiger partial charge in [-0.05, 0) is 54.0 Å². The van der Waals surface area contributed by atoms with E-state index in [9.17, 15) is 23.1 Å². The number of anilines is 2. The van der Waals surface area contributed by atoms with E-state index in [0.29, 0.717) is 31.9 Å². The molecule has 12 heteroatoms. The van der Waals surface area contributed by atoms with E-state index in [4.69, 9.17) is 10.5 Å². The fourth-order valence-electron chi connectivity index (χ4n) is 5.89. The first-order chi connectivity index (χ1) is 20.1. The molecule has 6 rings (SSSR count). The number of nitrogens with two attached hydrogens (primary N) is 1. The molecule has 1 spiro atoms. The van der Waals surface area contributed by atoms with Gasteiger partial charge in [0.15, 0.2) is 0 Å². The third-order valence-electron chi connectivity index (χ3n) is 8.20. The fraction of sp³-hybridized carbons (Fsp3) is 0.333. The van der Waals surface area contributed by atoms with Crippen molar-refractivity contribution in [1.29, 1.82) is 0 Å². The SMILES string of the molecule is Nc1nc(O[C@H](c2ccc(-c3ccc4ncccc4c3)cc2)C(F)(F)F)cc(N2CCC3(CC2)CNC(C(=O)O)C3)n1. The maximum absolute atomic E-state index is 14.2. The van der Waals surface area contributed by atoms with E-state index in [0.717, 1.165) is 34.9 Å². The number of nitrogens with zero attached hydrogens (tertiary/aromatic N) is 4. The molecule has 218 valence electrons. The molecule has 4 aromatic rings. The van der Waals surface area contributed by atoms with Crippen LogP contribution in [-0.2, 0) is 4.79 Å². The monoisotopic (exact) mass is 578 g/mol. The lowest BCUT2D eigenvalue weighted by Gasteiger charge is -2.39. The lowest BCUT2D eigenvalue weighted by atomic mass is 9.76. The summed E-state index contributed by atoms with van der Waals surface area (Å²) in [6, 6.07) is 16.3. The number of aromatic nitrogens is 3. The van der Waals surface area contributed by atoms with Gasteiger partial charge < -0.3 is 25.8 Å². The normalized spacial score (nSPS) is 19.2. The number of piperidine rings is 1. The van der Waals surface area contributed by atoms with Gasteiger partial charge in [-0.3, -0.25) is 9.78 Å². The predicted molar refractivity (Wildman–Crippen MR) is 151 cm³/mol. The minimum absolute atomic E-state index is 0.0749. The molecule has 1 unspecified atom stereocenters. The standard InChI is InChI=1S/C30H29F3N6O3/c31-30(32,33)26(19-5-3-18(4-6-19)20-7-8-22-21(14-20)2-1-11-35-22)42-25-15-24(37-28(34)38-25)39-12-9-29(10-13-39)16-23(27(40)41)36-17-29/h1-8,11,14-15,23,26,36H,9-10,12-13,16-17H2,(H,40,41)(H2,34,37,38)/t23?,26-/m1/s1. The van der Waals surface area contributed by atoms with E-state index >= 15 is 0 Å². The van der Waals surface area contributed by atoms with Gasteiger partial charge in [0.25, 0.3) is 0 Å². The molecule has 42 heavy (non-hydrogen) atoms. The van der Waals surface area contributed by atoms with Gasteiger partial charge in [-0.1, -0.05) is 36.4 Å². The molecular weight excluding hydrogens is 549 g/mol. The summed E-state index contributed by atoms with van der Waals surface area (Å²) >= 11 is 0. The van der Waals surface area contributed by atoms with E-state index in [1.54, 1.807) is 18.3 Å². The number of nitrogen functional groups attached to an aromatic ring is 1. The summed E-state index contributed by atoms with van der Waals surface area (Å²) in [4.78, 5) is 25.8. The van der Waals surface area contributed by atoms with Crippen LogP contribution < -0.4 is 20.7 Å². The molecule has 2 aliphatic rings. The van der Waals surface area contributed by atoms with Gasteiger partial charge in [0.05, 0.1) is 5.52 Å². The largest absolute Gasteiger partial charge is 0.480 e. The Kier molecular flexibility index (Phi) is 7.09. The van der Waals surface area contributed by atoms with E-state index in [1.165, 1.54) is 18.2 Å². The Hall–Kier alpha value is -4.45. The van der Waals surface area contributed by atoms with Crippen LogP contribution in [0, 0.1) is 5.41 Å². The van der Waals surface area contributed by atoms with Crippen molar-refractivity contribution in [3.8, 4) is 17.0 Å². The number of hydrogen-bond acceptors (Lipinski definition) is 8. The second-order valence-electron chi connectivity index (χ2n) is 11.0. The van der Waals surface area contributed by atoms with Gasteiger partial charge in [0.2, 0.25) is 17.9 Å². The van der Waals surface area contributed by atoms with E-state index in [1.807, 2.05) is 35.2 Å². The summed E-state index contributed by atoms with van der Waals surface area (Å²) in [5.74, 6) is -0.965. The number of fused-ring (bicyclic) bond motifs is 1. The topological polar surface area (TPSA) is 126 Å². The number of pyridine rings is 1. The third-order valence-corrected chi connectivity index (χ3v) is 8.20. The van der Waals surface area contributed by atoms with Crippen molar-refractivity contribution < 1.29 is 27.8 Å². The molecule has 2 saturated heterocycles. The van der Waals surface area contributed by atoms with Gasteiger partial charge in [0, 0.05) is 42.8 Å². The summed E-state index contributed by atoms with van der Waals surface area (Å²) < 4.78 is 48.2. The Morgan fingerprint density at radius 1 is 1.07 bits per heavy atom. The zero-order chi connectivity index (χ0) is 29.5. The molecule has 2 aromatic heterocycles. The Morgan fingerprint density at radius 2 is 1.81 bits per heavy atom. The van der Waals surface area contributed by atoms with Crippen molar-refractivity contribution in [2.75, 3.05) is 30.3 Å². The van der Waals surface area contributed by atoms with Crippen LogP contribution in [0.25, 0.3) is 22.0 Å². The predicted octanol–water partition coefficient (Wildman–Crippen LogP) is 4.99. The first-order valence-corrected chi connectivity index (χ1v) is 13.6. The summed E-state index contributed by atoms with van der Waals surface area (Å²) in [5, 5.41) is 13.3. The average molecular weight is 579 g/mol. The molecule has 0 bridgehead atoms. The number of halogens is 3. The molecule has 2 aliphatic heterocycles. The molecule has 4 heterocycles. The summed E-state index contributed by atoms with van der Waals surface area (Å²) in [7, 11) is 0. The van der Waals surface area contributed by atoms with Crippen molar-refractivity contribution in [3.05, 3.63) is 72.4 Å². The van der Waals surface area contributed by atoms with Crippen LogP contribution in [0.3, 0.4) is 0 Å². The van der Waals surface area contributed by atoms with Gasteiger partial charge in [-0.2, -0.15) is 23.1 Å². The van der Waals surface area contributed by atoms with E-state index in [-0.39, 0.29) is 22.8 Å². The lowest BCUT2D eigenvalue weighted by Crippen LogP contribution is -2.41. The lowest BCUT2D eigenvalue weighted by molar-refractivity contribution is -0.198. The van der Waals surface area contributed by atoms with Crippen molar-refractivity contribution in [3.63, 3.8) is 0 Å². The Morgan fingerprint density at radius 3 is 2.50 bits per heavy atom. The fourth-order valence-corrected chi connectivity index (χ4v) is 5.89. The van der Waals surface area contributed by atoms with Gasteiger partial charge in [-0.25, -0.2) is 0 Å². The maximum atomic E-state index is 14.2. The summed E-state index contributed by atoms with van der Waals surface area (Å²) in [6.45, 7) is 1.72. The zero-order valence-electron chi connectivity index (χ0n) is 22.5. The number of carboxylic acids is 1. The summed E-state index contributed by atoms with van der Waals surface area (Å²) in [6.07, 6.45) is -3.30. The Bertz CT molecular complexity index is 1610. The van der Waals surface area contributed by atoms with Crippen LogP contribution in [0.2, 0.25) is 0 Å². The van der Waals surface area contributed by atoms with Crippen molar-refractivity contribution >= 4 is 28.6 Å². The minimum atomic E-state index is -4.72. The number of alkyl halides is 3. The quantitative estimate of drug-likeness (QED) is 0.290. The molecule has 2 aromatic carbocycles. The van der Waals surface area contributed by atoms with E-state index < -0.39 is 24.3 Å². The molecular formula is C30H29F3N6O3. The maximum Gasteiger partial charge on any atom is 0.429 e. The number of nitrogens with one attached hydrogen (secondary N) is 1. The molecule has 0 radical (unpaired) electrons. The molecule has 0 aliphatic carbocycles. The second kappa shape index (κ2) is 10.8. The highest BCUT2D eigenvalue weighted by atomic mass is 19.4. The van der Waals surface area contributed by atoms with Crippen LogP contribution in [0.15, 0.2) is 66.9 Å². The number of carbonyl (C=O) groups is 1. The molecule has 2 atom stereocenters. The van der Waals surface area contributed by atoms with Gasteiger partial charge in [0.1, 0.15) is 11.9 Å². The number of aliphatic carboxylic acids is 1. The molecule has 4 N–H and O–H groups in total. The van der Waals surface area contributed by atoms with E-state index in [2.05, 4.69) is 20.3 Å². The smallest absolute Gasteiger partial charge is 0.429 e. The number of benzene rings is 2.